The van der Waals surface area contributed by atoms with Crippen LogP contribution in [0.1, 0.15) is 55.8 Å². The molecule has 0 radical (unpaired) electrons. The number of hydrogen-bond acceptors (Lipinski definition) is 3. The van der Waals surface area contributed by atoms with E-state index >= 15 is 0 Å². The van der Waals surface area contributed by atoms with Crippen molar-refractivity contribution in [2.45, 2.75) is 45.4 Å². The molecule has 1 heterocycles. The SMILES string of the molecule is CCCNc1cc(C(=O)NCC2CCCCC2)cc(Cl)n1. The van der Waals surface area contributed by atoms with Crippen molar-refractivity contribution in [3.63, 3.8) is 0 Å². The minimum absolute atomic E-state index is 0.0654. The Bertz CT molecular complexity index is 473. The van der Waals surface area contributed by atoms with E-state index in [1.54, 1.807) is 12.1 Å². The van der Waals surface area contributed by atoms with E-state index in [1.165, 1.54) is 32.1 Å². The number of hydrogen-bond donors (Lipinski definition) is 2. The smallest absolute Gasteiger partial charge is 0.251 e. The Hall–Kier alpha value is -1.29. The molecule has 21 heavy (non-hydrogen) atoms. The monoisotopic (exact) mass is 309 g/mol. The number of halogens is 1. The quantitative estimate of drug-likeness (QED) is 0.784. The molecule has 1 aromatic rings. The third kappa shape index (κ3) is 5.20. The van der Waals surface area contributed by atoms with Gasteiger partial charge in [-0.1, -0.05) is 37.8 Å². The molecular weight excluding hydrogens is 286 g/mol. The molecule has 0 atom stereocenters. The van der Waals surface area contributed by atoms with Crippen LogP contribution in [0, 0.1) is 5.92 Å². The van der Waals surface area contributed by atoms with Crippen LogP contribution < -0.4 is 10.6 Å². The molecule has 116 valence electrons. The molecule has 2 N–H and O–H groups in total. The Morgan fingerprint density at radius 3 is 2.81 bits per heavy atom. The minimum atomic E-state index is -0.0654. The molecule has 0 saturated heterocycles. The zero-order chi connectivity index (χ0) is 15.1. The third-order valence-corrected chi connectivity index (χ3v) is 4.08. The molecule has 0 bridgehead atoms. The molecule has 2 rings (SSSR count). The van der Waals surface area contributed by atoms with Crippen molar-refractivity contribution < 1.29 is 4.79 Å². The summed E-state index contributed by atoms with van der Waals surface area (Å²) in [6, 6.07) is 3.38. The van der Waals surface area contributed by atoms with Gasteiger partial charge in [0.1, 0.15) is 11.0 Å². The first kappa shape index (κ1) is 16.1. The molecule has 5 heteroatoms. The van der Waals surface area contributed by atoms with Gasteiger partial charge in [-0.25, -0.2) is 4.98 Å². The van der Waals surface area contributed by atoms with Crippen molar-refractivity contribution in [3.8, 4) is 0 Å². The van der Waals surface area contributed by atoms with Crippen LogP contribution in [0.3, 0.4) is 0 Å². The molecule has 1 amide bonds. The topological polar surface area (TPSA) is 54.0 Å². The second-order valence-corrected chi connectivity index (χ2v) is 6.09. The fourth-order valence-electron chi connectivity index (χ4n) is 2.70. The predicted octanol–water partition coefficient (Wildman–Crippen LogP) is 3.87. The van der Waals surface area contributed by atoms with Crippen LogP contribution in [0.15, 0.2) is 12.1 Å². The number of pyridine rings is 1. The maximum absolute atomic E-state index is 12.2. The zero-order valence-electron chi connectivity index (χ0n) is 12.6. The summed E-state index contributed by atoms with van der Waals surface area (Å²) in [5.41, 5.74) is 0.574. The molecule has 1 aliphatic carbocycles. The molecular formula is C16H24ClN3O. The minimum Gasteiger partial charge on any atom is -0.370 e. The lowest BCUT2D eigenvalue weighted by Gasteiger charge is -2.21. The number of carbonyl (C=O) groups is 1. The summed E-state index contributed by atoms with van der Waals surface area (Å²) in [7, 11) is 0. The maximum atomic E-state index is 12.2. The number of anilines is 1. The molecule has 1 fully saturated rings. The van der Waals surface area contributed by atoms with Crippen molar-refractivity contribution in [1.29, 1.82) is 0 Å². The fraction of sp³-hybridized carbons (Fsp3) is 0.625. The first-order chi connectivity index (χ1) is 10.2. The highest BCUT2D eigenvalue weighted by atomic mass is 35.5. The van der Waals surface area contributed by atoms with Crippen LogP contribution in [-0.2, 0) is 0 Å². The molecule has 1 saturated carbocycles. The van der Waals surface area contributed by atoms with E-state index in [-0.39, 0.29) is 5.91 Å². The summed E-state index contributed by atoms with van der Waals surface area (Å²) in [6.45, 7) is 3.66. The van der Waals surface area contributed by atoms with Crippen LogP contribution in [0.5, 0.6) is 0 Å². The number of carbonyl (C=O) groups excluding carboxylic acids is 1. The second-order valence-electron chi connectivity index (χ2n) is 5.70. The summed E-state index contributed by atoms with van der Waals surface area (Å²) in [5, 5.41) is 6.53. The lowest BCUT2D eigenvalue weighted by atomic mass is 9.89. The summed E-state index contributed by atoms with van der Waals surface area (Å²) in [5.74, 6) is 1.22. The van der Waals surface area contributed by atoms with Gasteiger partial charge in [-0.05, 0) is 37.3 Å². The highest BCUT2D eigenvalue weighted by Crippen LogP contribution is 2.23. The molecule has 0 aromatic carbocycles. The van der Waals surface area contributed by atoms with E-state index in [9.17, 15) is 4.79 Å². The van der Waals surface area contributed by atoms with Gasteiger partial charge in [0.25, 0.3) is 5.91 Å². The lowest BCUT2D eigenvalue weighted by molar-refractivity contribution is 0.0943. The zero-order valence-corrected chi connectivity index (χ0v) is 13.4. The van der Waals surface area contributed by atoms with Gasteiger partial charge in [-0.2, -0.15) is 0 Å². The number of aromatic nitrogens is 1. The lowest BCUT2D eigenvalue weighted by Crippen LogP contribution is -2.30. The molecule has 0 aliphatic heterocycles. The normalized spacial score (nSPS) is 15.7. The first-order valence-electron chi connectivity index (χ1n) is 7.88. The number of nitrogens with one attached hydrogen (secondary N) is 2. The van der Waals surface area contributed by atoms with Crippen LogP contribution in [0.4, 0.5) is 5.82 Å². The van der Waals surface area contributed by atoms with Gasteiger partial charge in [0.15, 0.2) is 0 Å². The maximum Gasteiger partial charge on any atom is 0.251 e. The van der Waals surface area contributed by atoms with Gasteiger partial charge < -0.3 is 10.6 Å². The van der Waals surface area contributed by atoms with Crippen LogP contribution in [0.25, 0.3) is 0 Å². The van der Waals surface area contributed by atoms with Crippen molar-refractivity contribution in [2.75, 3.05) is 18.4 Å². The summed E-state index contributed by atoms with van der Waals surface area (Å²) >= 11 is 5.99. The average molecular weight is 310 g/mol. The number of amides is 1. The summed E-state index contributed by atoms with van der Waals surface area (Å²) in [6.07, 6.45) is 7.34. The van der Waals surface area contributed by atoms with Gasteiger partial charge in [-0.3, -0.25) is 4.79 Å². The van der Waals surface area contributed by atoms with Gasteiger partial charge >= 0.3 is 0 Å². The second kappa shape index (κ2) is 8.23. The molecule has 1 aromatic heterocycles. The van der Waals surface area contributed by atoms with Gasteiger partial charge in [-0.15, -0.1) is 0 Å². The molecule has 0 spiro atoms. The third-order valence-electron chi connectivity index (χ3n) is 3.89. The van der Waals surface area contributed by atoms with E-state index < -0.39 is 0 Å². The Morgan fingerprint density at radius 1 is 1.33 bits per heavy atom. The van der Waals surface area contributed by atoms with E-state index in [4.69, 9.17) is 11.6 Å². The predicted molar refractivity (Wildman–Crippen MR) is 86.9 cm³/mol. The Morgan fingerprint density at radius 2 is 2.10 bits per heavy atom. The van der Waals surface area contributed by atoms with Gasteiger partial charge in [0, 0.05) is 18.7 Å². The van der Waals surface area contributed by atoms with Crippen LogP contribution >= 0.6 is 11.6 Å². The first-order valence-corrected chi connectivity index (χ1v) is 8.26. The molecule has 4 nitrogen and oxygen atoms in total. The number of nitrogens with zero attached hydrogens (tertiary/aromatic N) is 1. The van der Waals surface area contributed by atoms with Crippen molar-refractivity contribution in [1.82, 2.24) is 10.3 Å². The molecule has 0 unspecified atom stereocenters. The van der Waals surface area contributed by atoms with Crippen molar-refractivity contribution >= 4 is 23.3 Å². The Balaban J connectivity index is 1.92. The van der Waals surface area contributed by atoms with E-state index in [1.807, 2.05) is 0 Å². The Labute approximate surface area is 131 Å². The summed E-state index contributed by atoms with van der Waals surface area (Å²) < 4.78 is 0. The Kier molecular flexibility index (Phi) is 6.30. The largest absolute Gasteiger partial charge is 0.370 e. The van der Waals surface area contributed by atoms with Crippen LogP contribution in [0.2, 0.25) is 5.15 Å². The van der Waals surface area contributed by atoms with E-state index in [2.05, 4.69) is 22.5 Å². The van der Waals surface area contributed by atoms with Crippen molar-refractivity contribution in [2.24, 2.45) is 5.92 Å². The van der Waals surface area contributed by atoms with Gasteiger partial charge in [0.2, 0.25) is 0 Å². The highest BCUT2D eigenvalue weighted by molar-refractivity contribution is 6.29. The highest BCUT2D eigenvalue weighted by Gasteiger charge is 2.15. The van der Waals surface area contributed by atoms with E-state index in [0.717, 1.165) is 19.5 Å². The standard InChI is InChI=1S/C16H24ClN3O/c1-2-8-18-15-10-13(9-14(17)20-15)16(21)19-11-12-6-4-3-5-7-12/h9-10,12H,2-8,11H2,1H3,(H,18,20)(H,19,21). The van der Waals surface area contributed by atoms with Crippen LogP contribution in [-0.4, -0.2) is 24.0 Å². The fourth-order valence-corrected chi connectivity index (χ4v) is 2.91. The summed E-state index contributed by atoms with van der Waals surface area (Å²) in [4.78, 5) is 16.4. The van der Waals surface area contributed by atoms with Crippen molar-refractivity contribution in [3.05, 3.63) is 22.8 Å². The van der Waals surface area contributed by atoms with E-state index in [0.29, 0.717) is 22.5 Å². The van der Waals surface area contributed by atoms with Gasteiger partial charge in [0.05, 0.1) is 0 Å². The average Bonchev–Trinajstić information content (AvgIpc) is 2.51. The number of rotatable bonds is 6. The molecule has 1 aliphatic rings.